The van der Waals surface area contributed by atoms with Gasteiger partial charge in [0.05, 0.1) is 11.3 Å². The zero-order chi connectivity index (χ0) is 22.7. The summed E-state index contributed by atoms with van der Waals surface area (Å²) in [5.41, 5.74) is 1.67. The van der Waals surface area contributed by atoms with Crippen molar-refractivity contribution >= 4 is 15.7 Å². The Balaban J connectivity index is 1.38. The third-order valence-corrected chi connectivity index (χ3v) is 7.70. The molecular formula is C25H31FN2O3S. The number of hydrogen-bond acceptors (Lipinski definition) is 4. The lowest BCUT2D eigenvalue weighted by molar-refractivity contribution is -0.134. The maximum absolute atomic E-state index is 13.2. The first kappa shape index (κ1) is 22.9. The number of rotatable bonds is 8. The Hall–Kier alpha value is -2.25. The number of halogens is 1. The van der Waals surface area contributed by atoms with Crippen molar-refractivity contribution in [1.82, 2.24) is 9.80 Å². The summed E-state index contributed by atoms with van der Waals surface area (Å²) in [6.45, 7) is 3.06. The van der Waals surface area contributed by atoms with Crippen LogP contribution in [0, 0.1) is 11.7 Å². The smallest absolute Gasteiger partial charge is 0.227 e. The fourth-order valence-electron chi connectivity index (χ4n) is 4.54. The molecule has 32 heavy (non-hydrogen) atoms. The van der Waals surface area contributed by atoms with Crippen LogP contribution in [0.5, 0.6) is 0 Å². The first-order valence-corrected chi connectivity index (χ1v) is 13.2. The van der Waals surface area contributed by atoms with Gasteiger partial charge in [0.25, 0.3) is 0 Å². The minimum absolute atomic E-state index is 0.115. The van der Waals surface area contributed by atoms with Crippen LogP contribution in [0.2, 0.25) is 0 Å². The molecular weight excluding hydrogens is 427 g/mol. The Morgan fingerprint density at radius 3 is 2.31 bits per heavy atom. The van der Waals surface area contributed by atoms with Gasteiger partial charge in [-0.1, -0.05) is 30.3 Å². The molecule has 2 aromatic carbocycles. The van der Waals surface area contributed by atoms with E-state index in [2.05, 4.69) is 9.80 Å². The van der Waals surface area contributed by atoms with E-state index in [-0.39, 0.29) is 17.8 Å². The van der Waals surface area contributed by atoms with Crippen LogP contribution in [0.25, 0.3) is 0 Å². The highest BCUT2D eigenvalue weighted by Gasteiger charge is 2.33. The summed E-state index contributed by atoms with van der Waals surface area (Å²) >= 11 is 0. The molecule has 1 saturated heterocycles. The minimum Gasteiger partial charge on any atom is -0.339 e. The summed E-state index contributed by atoms with van der Waals surface area (Å²) in [7, 11) is -3.26. The first-order chi connectivity index (χ1) is 15.3. The summed E-state index contributed by atoms with van der Waals surface area (Å²) < 4.78 is 37.4. The van der Waals surface area contributed by atoms with Gasteiger partial charge in [-0.25, -0.2) is 12.8 Å². The third-order valence-electron chi connectivity index (χ3n) is 6.50. The van der Waals surface area contributed by atoms with Crippen molar-refractivity contribution in [2.24, 2.45) is 5.92 Å². The monoisotopic (exact) mass is 458 g/mol. The van der Waals surface area contributed by atoms with Gasteiger partial charge in [-0.2, -0.15) is 0 Å². The lowest BCUT2D eigenvalue weighted by atomic mass is 10.0. The van der Waals surface area contributed by atoms with Gasteiger partial charge in [0.15, 0.2) is 9.84 Å². The Kier molecular flexibility index (Phi) is 6.96. The van der Waals surface area contributed by atoms with E-state index in [1.165, 1.54) is 31.2 Å². The molecule has 0 N–H and O–H groups in total. The number of likely N-dealkylation sites (tertiary alicyclic amines) is 1. The number of carbonyl (C=O) groups excluding carboxylic acids is 1. The number of piperidine rings is 1. The summed E-state index contributed by atoms with van der Waals surface area (Å²) in [5, 5.41) is 0. The molecule has 0 bridgehead atoms. The average Bonchev–Trinajstić information content (AvgIpc) is 3.58. The van der Waals surface area contributed by atoms with E-state index >= 15 is 0 Å². The molecule has 0 radical (unpaired) electrons. The molecule has 7 heteroatoms. The Bertz CT molecular complexity index is 1040. The summed E-state index contributed by atoms with van der Waals surface area (Å²) in [5.74, 6) is 0.428. The molecule has 4 rings (SSSR count). The number of carbonyl (C=O) groups is 1. The van der Waals surface area contributed by atoms with Crippen molar-refractivity contribution in [2.45, 2.75) is 49.6 Å². The SMILES string of the molecule is CS(=O)(=O)c1ccccc1CN1CCC(N(CC2CC2)C(=O)Cc2ccc(F)cc2)CC1. The molecule has 5 nitrogen and oxygen atoms in total. The van der Waals surface area contributed by atoms with E-state index in [0.717, 1.165) is 43.6 Å². The van der Waals surface area contributed by atoms with Gasteiger partial charge in [0, 0.05) is 38.5 Å². The van der Waals surface area contributed by atoms with Crippen LogP contribution in [0.1, 0.15) is 36.8 Å². The van der Waals surface area contributed by atoms with Crippen molar-refractivity contribution in [1.29, 1.82) is 0 Å². The highest BCUT2D eigenvalue weighted by Crippen LogP contribution is 2.32. The van der Waals surface area contributed by atoms with Gasteiger partial charge in [0.1, 0.15) is 5.82 Å². The minimum atomic E-state index is -3.26. The number of amides is 1. The molecule has 2 aliphatic rings. The number of nitrogens with zero attached hydrogens (tertiary/aromatic N) is 2. The van der Waals surface area contributed by atoms with Crippen LogP contribution in [-0.2, 0) is 27.6 Å². The zero-order valence-corrected chi connectivity index (χ0v) is 19.4. The predicted molar refractivity (Wildman–Crippen MR) is 122 cm³/mol. The molecule has 0 spiro atoms. The van der Waals surface area contributed by atoms with Gasteiger partial charge in [0.2, 0.25) is 5.91 Å². The molecule has 0 unspecified atom stereocenters. The maximum Gasteiger partial charge on any atom is 0.227 e. The molecule has 1 aliphatic carbocycles. The summed E-state index contributed by atoms with van der Waals surface area (Å²) in [6.07, 6.45) is 5.67. The largest absolute Gasteiger partial charge is 0.339 e. The third kappa shape index (κ3) is 5.95. The molecule has 0 aromatic heterocycles. The van der Waals surface area contributed by atoms with Crippen LogP contribution >= 0.6 is 0 Å². The van der Waals surface area contributed by atoms with Gasteiger partial charge in [-0.15, -0.1) is 0 Å². The van der Waals surface area contributed by atoms with Gasteiger partial charge in [-0.3, -0.25) is 9.69 Å². The fraction of sp³-hybridized carbons (Fsp3) is 0.480. The molecule has 1 heterocycles. The van der Waals surface area contributed by atoms with E-state index in [0.29, 0.717) is 23.8 Å². The standard InChI is InChI=1S/C25H31FN2O3S/c1-32(30,31)24-5-3-2-4-21(24)18-27-14-12-23(13-15-27)28(17-20-6-7-20)25(29)16-19-8-10-22(26)11-9-19/h2-5,8-11,20,23H,6-7,12-18H2,1H3. The molecule has 1 saturated carbocycles. The second kappa shape index (κ2) is 9.71. The Labute approximate surface area is 190 Å². The Morgan fingerprint density at radius 1 is 1.03 bits per heavy atom. The molecule has 1 aliphatic heterocycles. The van der Waals surface area contributed by atoms with Crippen molar-refractivity contribution in [3.05, 3.63) is 65.5 Å². The van der Waals surface area contributed by atoms with Crippen LogP contribution in [0.4, 0.5) is 4.39 Å². The number of hydrogen-bond donors (Lipinski definition) is 0. The summed E-state index contributed by atoms with van der Waals surface area (Å²) in [4.78, 5) is 17.9. The fourth-order valence-corrected chi connectivity index (χ4v) is 5.47. The topological polar surface area (TPSA) is 57.7 Å². The normalized spacial score (nSPS) is 17.9. The van der Waals surface area contributed by atoms with Crippen molar-refractivity contribution in [2.75, 3.05) is 25.9 Å². The first-order valence-electron chi connectivity index (χ1n) is 11.3. The predicted octanol–water partition coefficient (Wildman–Crippen LogP) is 3.67. The highest BCUT2D eigenvalue weighted by atomic mass is 32.2. The van der Waals surface area contributed by atoms with Gasteiger partial charge in [-0.05, 0) is 60.9 Å². The van der Waals surface area contributed by atoms with E-state index in [1.807, 2.05) is 12.1 Å². The van der Waals surface area contributed by atoms with Crippen LogP contribution in [0.15, 0.2) is 53.4 Å². The van der Waals surface area contributed by atoms with Crippen molar-refractivity contribution in [3.8, 4) is 0 Å². The molecule has 0 atom stereocenters. The van der Waals surface area contributed by atoms with E-state index in [4.69, 9.17) is 0 Å². The summed E-state index contributed by atoms with van der Waals surface area (Å²) in [6, 6.07) is 13.6. The van der Waals surface area contributed by atoms with Crippen LogP contribution in [0.3, 0.4) is 0 Å². The zero-order valence-electron chi connectivity index (χ0n) is 18.5. The van der Waals surface area contributed by atoms with Crippen LogP contribution < -0.4 is 0 Å². The van der Waals surface area contributed by atoms with Gasteiger partial charge >= 0.3 is 0 Å². The lowest BCUT2D eigenvalue weighted by Crippen LogP contribution is -2.48. The van der Waals surface area contributed by atoms with E-state index < -0.39 is 9.84 Å². The highest BCUT2D eigenvalue weighted by molar-refractivity contribution is 7.90. The average molecular weight is 459 g/mol. The number of sulfone groups is 1. The maximum atomic E-state index is 13.2. The van der Waals surface area contributed by atoms with E-state index in [1.54, 1.807) is 24.3 Å². The van der Waals surface area contributed by atoms with Crippen molar-refractivity contribution < 1.29 is 17.6 Å². The lowest BCUT2D eigenvalue weighted by Gasteiger charge is -2.39. The molecule has 172 valence electrons. The van der Waals surface area contributed by atoms with Crippen LogP contribution in [-0.4, -0.2) is 56.1 Å². The molecule has 2 aromatic rings. The molecule has 2 fully saturated rings. The quantitative estimate of drug-likeness (QED) is 0.606. The Morgan fingerprint density at radius 2 is 1.69 bits per heavy atom. The number of benzene rings is 2. The second-order valence-electron chi connectivity index (χ2n) is 9.18. The molecule has 1 amide bonds. The van der Waals surface area contributed by atoms with Crippen molar-refractivity contribution in [3.63, 3.8) is 0 Å². The van der Waals surface area contributed by atoms with Gasteiger partial charge < -0.3 is 4.90 Å². The van der Waals surface area contributed by atoms with E-state index in [9.17, 15) is 17.6 Å². The second-order valence-corrected chi connectivity index (χ2v) is 11.2.